The lowest BCUT2D eigenvalue weighted by Crippen LogP contribution is -2.19. The van der Waals surface area contributed by atoms with Gasteiger partial charge in [-0.15, -0.1) is 3.89 Å². The molecule has 0 aromatic rings. The van der Waals surface area contributed by atoms with Crippen molar-refractivity contribution in [2.24, 2.45) is 0 Å². The molecule has 1 aliphatic carbocycles. The van der Waals surface area contributed by atoms with Crippen molar-refractivity contribution in [3.63, 3.8) is 0 Å². The van der Waals surface area contributed by atoms with Crippen LogP contribution < -0.4 is 5.32 Å². The highest BCUT2D eigenvalue weighted by atomic mass is 32.3. The van der Waals surface area contributed by atoms with E-state index in [4.69, 9.17) is 0 Å². The SMILES string of the molecule is O=S(=O)(F)CCCNC1CC1. The predicted octanol–water partition coefficient (Wildman–Crippen LogP) is 0.428. The second-order valence-electron chi connectivity index (χ2n) is 2.82. The van der Waals surface area contributed by atoms with Crippen molar-refractivity contribution >= 4 is 10.2 Å². The molecule has 0 heterocycles. The number of hydrogen-bond donors (Lipinski definition) is 1. The second-order valence-corrected chi connectivity index (χ2v) is 4.31. The molecule has 0 bridgehead atoms. The zero-order valence-electron chi connectivity index (χ0n) is 6.22. The molecular formula is C6H12FNO2S. The summed E-state index contributed by atoms with van der Waals surface area (Å²) in [6.07, 6.45) is 2.71. The van der Waals surface area contributed by atoms with E-state index in [0.717, 1.165) is 0 Å². The predicted molar refractivity (Wildman–Crippen MR) is 40.5 cm³/mol. The van der Waals surface area contributed by atoms with Crippen LogP contribution in [-0.2, 0) is 10.2 Å². The third kappa shape index (κ3) is 5.15. The van der Waals surface area contributed by atoms with Crippen molar-refractivity contribution in [1.82, 2.24) is 5.32 Å². The van der Waals surface area contributed by atoms with Crippen LogP contribution in [0, 0.1) is 0 Å². The van der Waals surface area contributed by atoms with Gasteiger partial charge < -0.3 is 5.32 Å². The van der Waals surface area contributed by atoms with Crippen molar-refractivity contribution in [3.8, 4) is 0 Å². The monoisotopic (exact) mass is 181 g/mol. The Morgan fingerprint density at radius 2 is 2.09 bits per heavy atom. The molecule has 11 heavy (non-hydrogen) atoms. The van der Waals surface area contributed by atoms with Gasteiger partial charge in [0.15, 0.2) is 0 Å². The van der Waals surface area contributed by atoms with Gasteiger partial charge in [-0.1, -0.05) is 0 Å². The lowest BCUT2D eigenvalue weighted by atomic mass is 10.5. The zero-order valence-corrected chi connectivity index (χ0v) is 7.03. The molecular weight excluding hydrogens is 169 g/mol. The number of nitrogens with one attached hydrogen (secondary N) is 1. The van der Waals surface area contributed by atoms with E-state index in [-0.39, 0.29) is 5.75 Å². The van der Waals surface area contributed by atoms with Crippen LogP contribution in [0.2, 0.25) is 0 Å². The largest absolute Gasteiger partial charge is 0.314 e. The Labute approximate surface area is 66.2 Å². The van der Waals surface area contributed by atoms with Crippen molar-refractivity contribution < 1.29 is 12.3 Å². The van der Waals surface area contributed by atoms with E-state index in [9.17, 15) is 12.3 Å². The first-order chi connectivity index (χ1) is 5.08. The second kappa shape index (κ2) is 3.49. The fourth-order valence-electron chi connectivity index (χ4n) is 0.838. The van der Waals surface area contributed by atoms with Gasteiger partial charge >= 0.3 is 10.2 Å². The fourth-order valence-corrected chi connectivity index (χ4v) is 1.33. The average Bonchev–Trinajstić information content (AvgIpc) is 2.60. The minimum atomic E-state index is -4.24. The van der Waals surface area contributed by atoms with E-state index in [1.54, 1.807) is 0 Å². The normalized spacial score (nSPS) is 18.6. The smallest absolute Gasteiger partial charge is 0.302 e. The van der Waals surface area contributed by atoms with Gasteiger partial charge in [0.2, 0.25) is 0 Å². The maximum Gasteiger partial charge on any atom is 0.302 e. The summed E-state index contributed by atoms with van der Waals surface area (Å²) in [5, 5.41) is 3.10. The Morgan fingerprint density at radius 1 is 1.45 bits per heavy atom. The van der Waals surface area contributed by atoms with Gasteiger partial charge in [0.25, 0.3) is 0 Å². The number of rotatable bonds is 5. The summed E-state index contributed by atoms with van der Waals surface area (Å²) >= 11 is 0. The highest BCUT2D eigenvalue weighted by molar-refractivity contribution is 7.86. The van der Waals surface area contributed by atoms with Crippen LogP contribution in [0.1, 0.15) is 19.3 Å². The summed E-state index contributed by atoms with van der Waals surface area (Å²) in [6.45, 7) is 0.605. The minimum Gasteiger partial charge on any atom is -0.314 e. The molecule has 3 nitrogen and oxygen atoms in total. The first-order valence-corrected chi connectivity index (χ1v) is 5.29. The van der Waals surface area contributed by atoms with E-state index in [2.05, 4.69) is 5.32 Å². The Bertz CT molecular complexity index is 211. The first kappa shape index (κ1) is 8.93. The molecule has 0 aromatic heterocycles. The van der Waals surface area contributed by atoms with Crippen LogP contribution in [0.4, 0.5) is 3.89 Å². The van der Waals surface area contributed by atoms with E-state index in [1.807, 2.05) is 0 Å². The lowest BCUT2D eigenvalue weighted by molar-refractivity contribution is 0.546. The molecule has 0 atom stereocenters. The van der Waals surface area contributed by atoms with E-state index in [1.165, 1.54) is 12.8 Å². The van der Waals surface area contributed by atoms with E-state index >= 15 is 0 Å². The number of hydrogen-bond acceptors (Lipinski definition) is 3. The highest BCUT2D eigenvalue weighted by Gasteiger charge is 2.19. The van der Waals surface area contributed by atoms with Gasteiger partial charge in [-0.2, -0.15) is 8.42 Å². The maximum absolute atomic E-state index is 11.9. The molecule has 0 unspecified atom stereocenters. The fraction of sp³-hybridized carbons (Fsp3) is 1.00. The van der Waals surface area contributed by atoms with Crippen LogP contribution in [0.3, 0.4) is 0 Å². The maximum atomic E-state index is 11.9. The number of halogens is 1. The van der Waals surface area contributed by atoms with Gasteiger partial charge in [0.1, 0.15) is 0 Å². The Hall–Kier alpha value is -0.160. The summed E-state index contributed by atoms with van der Waals surface area (Å²) in [4.78, 5) is 0. The van der Waals surface area contributed by atoms with Crippen LogP contribution in [-0.4, -0.2) is 26.8 Å². The summed E-state index contributed by atoms with van der Waals surface area (Å²) in [7, 11) is -4.24. The molecule has 0 aromatic carbocycles. The zero-order chi connectivity index (χ0) is 8.32. The van der Waals surface area contributed by atoms with Gasteiger partial charge in [-0.05, 0) is 25.8 Å². The highest BCUT2D eigenvalue weighted by Crippen LogP contribution is 2.18. The van der Waals surface area contributed by atoms with Crippen molar-refractivity contribution in [3.05, 3.63) is 0 Å². The molecule has 0 amide bonds. The summed E-state index contributed by atoms with van der Waals surface area (Å²) in [5.41, 5.74) is 0. The van der Waals surface area contributed by atoms with Crippen LogP contribution in [0.15, 0.2) is 0 Å². The molecule has 1 rings (SSSR count). The first-order valence-electron chi connectivity index (χ1n) is 3.74. The molecule has 1 aliphatic rings. The Morgan fingerprint density at radius 3 is 2.55 bits per heavy atom. The Balaban J connectivity index is 1.95. The van der Waals surface area contributed by atoms with E-state index in [0.29, 0.717) is 19.0 Å². The summed E-state index contributed by atoms with van der Waals surface area (Å²) in [6, 6.07) is 0.567. The van der Waals surface area contributed by atoms with Crippen LogP contribution in [0.5, 0.6) is 0 Å². The molecule has 66 valence electrons. The molecule has 1 N–H and O–H groups in total. The Kier molecular flexibility index (Phi) is 2.84. The molecule has 1 saturated carbocycles. The van der Waals surface area contributed by atoms with Gasteiger partial charge in [0, 0.05) is 6.04 Å². The third-order valence-electron chi connectivity index (χ3n) is 1.58. The molecule has 5 heteroatoms. The molecule has 0 radical (unpaired) electrons. The molecule has 0 spiro atoms. The average molecular weight is 181 g/mol. The van der Waals surface area contributed by atoms with Crippen LogP contribution >= 0.6 is 0 Å². The topological polar surface area (TPSA) is 46.2 Å². The lowest BCUT2D eigenvalue weighted by Gasteiger charge is -1.98. The van der Waals surface area contributed by atoms with Crippen molar-refractivity contribution in [2.75, 3.05) is 12.3 Å². The van der Waals surface area contributed by atoms with Crippen LogP contribution in [0.25, 0.3) is 0 Å². The van der Waals surface area contributed by atoms with Crippen molar-refractivity contribution in [2.45, 2.75) is 25.3 Å². The quantitative estimate of drug-likeness (QED) is 0.494. The van der Waals surface area contributed by atoms with Gasteiger partial charge in [-0.3, -0.25) is 0 Å². The van der Waals surface area contributed by atoms with Crippen molar-refractivity contribution in [1.29, 1.82) is 0 Å². The van der Waals surface area contributed by atoms with Gasteiger partial charge in [0.05, 0.1) is 5.75 Å². The summed E-state index contributed by atoms with van der Waals surface area (Å²) in [5.74, 6) is -0.354. The summed E-state index contributed by atoms with van der Waals surface area (Å²) < 4.78 is 31.9. The molecule has 0 saturated heterocycles. The van der Waals surface area contributed by atoms with Gasteiger partial charge in [-0.25, -0.2) is 0 Å². The van der Waals surface area contributed by atoms with E-state index < -0.39 is 10.2 Å². The molecule has 0 aliphatic heterocycles. The third-order valence-corrected chi connectivity index (χ3v) is 2.35. The molecule has 1 fully saturated rings. The standard InChI is InChI=1S/C6H12FNO2S/c7-11(9,10)5-1-4-8-6-2-3-6/h6,8H,1-5H2. The minimum absolute atomic E-state index is 0.354.